The van der Waals surface area contributed by atoms with E-state index in [9.17, 15) is 8.78 Å². The Morgan fingerprint density at radius 2 is 1.72 bits per heavy atom. The second-order valence-electron chi connectivity index (χ2n) is 4.03. The van der Waals surface area contributed by atoms with Crippen LogP contribution in [0, 0.1) is 18.6 Å². The molecule has 94 valence electrons. The summed E-state index contributed by atoms with van der Waals surface area (Å²) in [5.74, 6) is -1.11. The van der Waals surface area contributed by atoms with Crippen molar-refractivity contribution in [3.8, 4) is 0 Å². The number of hydrogen-bond donors (Lipinski definition) is 1. The molecule has 0 amide bonds. The lowest BCUT2D eigenvalue weighted by Gasteiger charge is -2.10. The summed E-state index contributed by atoms with van der Waals surface area (Å²) >= 11 is 3.33. The van der Waals surface area contributed by atoms with Gasteiger partial charge in [0.2, 0.25) is 0 Å². The summed E-state index contributed by atoms with van der Waals surface area (Å²) in [4.78, 5) is 0. The fourth-order valence-electron chi connectivity index (χ4n) is 1.61. The Labute approximate surface area is 113 Å². The summed E-state index contributed by atoms with van der Waals surface area (Å²) in [5, 5.41) is 2.79. The van der Waals surface area contributed by atoms with E-state index in [2.05, 4.69) is 21.2 Å². The molecule has 0 aliphatic heterocycles. The molecule has 2 aromatic rings. The van der Waals surface area contributed by atoms with Crippen LogP contribution < -0.4 is 5.32 Å². The minimum atomic E-state index is -0.574. The van der Waals surface area contributed by atoms with Crippen molar-refractivity contribution in [2.24, 2.45) is 0 Å². The van der Waals surface area contributed by atoms with Gasteiger partial charge in [-0.1, -0.05) is 34.1 Å². The molecule has 2 rings (SSSR count). The number of rotatable bonds is 3. The Bertz CT molecular complexity index is 552. The average molecular weight is 312 g/mol. The Balaban J connectivity index is 2.15. The highest BCUT2D eigenvalue weighted by molar-refractivity contribution is 9.10. The van der Waals surface area contributed by atoms with Gasteiger partial charge in [0.15, 0.2) is 5.82 Å². The van der Waals surface area contributed by atoms with E-state index < -0.39 is 11.6 Å². The number of anilines is 1. The van der Waals surface area contributed by atoms with Gasteiger partial charge in [0, 0.05) is 11.0 Å². The lowest BCUT2D eigenvalue weighted by molar-refractivity contribution is 0.582. The van der Waals surface area contributed by atoms with Gasteiger partial charge in [-0.15, -0.1) is 0 Å². The highest BCUT2D eigenvalue weighted by Crippen LogP contribution is 2.22. The standard InChI is InChI=1S/C14H12BrF2N/c1-9-2-7-12(16)14(13(9)17)18-8-10-3-5-11(15)6-4-10/h2-7,18H,8H2,1H3. The van der Waals surface area contributed by atoms with E-state index >= 15 is 0 Å². The van der Waals surface area contributed by atoms with Crippen molar-refractivity contribution in [2.75, 3.05) is 5.32 Å². The molecule has 4 heteroatoms. The van der Waals surface area contributed by atoms with E-state index in [-0.39, 0.29) is 5.69 Å². The van der Waals surface area contributed by atoms with E-state index in [0.29, 0.717) is 12.1 Å². The van der Waals surface area contributed by atoms with Crippen molar-refractivity contribution >= 4 is 21.6 Å². The third kappa shape index (κ3) is 2.88. The molecule has 0 saturated carbocycles. The second kappa shape index (κ2) is 5.48. The van der Waals surface area contributed by atoms with Gasteiger partial charge in [-0.3, -0.25) is 0 Å². The van der Waals surface area contributed by atoms with Crippen LogP contribution in [-0.4, -0.2) is 0 Å². The number of halogens is 3. The molecule has 0 bridgehead atoms. The van der Waals surface area contributed by atoms with Gasteiger partial charge in [-0.05, 0) is 36.2 Å². The molecule has 0 aromatic heterocycles. The first-order valence-electron chi connectivity index (χ1n) is 5.51. The van der Waals surface area contributed by atoms with E-state index in [1.165, 1.54) is 12.1 Å². The molecule has 0 heterocycles. The predicted octanol–water partition coefficient (Wildman–Crippen LogP) is 4.65. The van der Waals surface area contributed by atoms with Crippen LogP contribution in [0.2, 0.25) is 0 Å². The largest absolute Gasteiger partial charge is 0.376 e. The Morgan fingerprint density at radius 1 is 1.06 bits per heavy atom. The summed E-state index contributed by atoms with van der Waals surface area (Å²) < 4.78 is 28.2. The van der Waals surface area contributed by atoms with Crippen LogP contribution in [0.5, 0.6) is 0 Å². The molecule has 0 saturated heterocycles. The SMILES string of the molecule is Cc1ccc(F)c(NCc2ccc(Br)cc2)c1F. The number of benzene rings is 2. The lowest BCUT2D eigenvalue weighted by Crippen LogP contribution is -2.04. The van der Waals surface area contributed by atoms with Crippen LogP contribution in [0.15, 0.2) is 40.9 Å². The zero-order valence-corrected chi connectivity index (χ0v) is 11.4. The van der Waals surface area contributed by atoms with Crippen molar-refractivity contribution in [3.63, 3.8) is 0 Å². The Morgan fingerprint density at radius 3 is 2.39 bits per heavy atom. The molecule has 2 aromatic carbocycles. The minimum Gasteiger partial charge on any atom is -0.376 e. The van der Waals surface area contributed by atoms with Crippen LogP contribution in [0.4, 0.5) is 14.5 Å². The normalized spacial score (nSPS) is 10.4. The van der Waals surface area contributed by atoms with Crippen molar-refractivity contribution < 1.29 is 8.78 Å². The molecule has 18 heavy (non-hydrogen) atoms. The van der Waals surface area contributed by atoms with Gasteiger partial charge in [-0.25, -0.2) is 8.78 Å². The first kappa shape index (κ1) is 13.0. The van der Waals surface area contributed by atoms with Crippen LogP contribution in [0.25, 0.3) is 0 Å². The van der Waals surface area contributed by atoms with E-state index in [1.54, 1.807) is 6.92 Å². The molecule has 0 radical (unpaired) electrons. The first-order chi connectivity index (χ1) is 8.58. The van der Waals surface area contributed by atoms with Crippen LogP contribution in [-0.2, 0) is 6.54 Å². The van der Waals surface area contributed by atoms with E-state index in [0.717, 1.165) is 10.0 Å². The molecule has 1 nitrogen and oxygen atoms in total. The molecule has 0 unspecified atom stereocenters. The maximum Gasteiger partial charge on any atom is 0.152 e. The third-order valence-electron chi connectivity index (χ3n) is 2.67. The van der Waals surface area contributed by atoms with Gasteiger partial charge in [0.1, 0.15) is 11.5 Å². The predicted molar refractivity (Wildman–Crippen MR) is 72.6 cm³/mol. The quantitative estimate of drug-likeness (QED) is 0.870. The van der Waals surface area contributed by atoms with E-state index in [4.69, 9.17) is 0 Å². The topological polar surface area (TPSA) is 12.0 Å². The number of aryl methyl sites for hydroxylation is 1. The zero-order chi connectivity index (χ0) is 13.1. The summed E-state index contributed by atoms with van der Waals surface area (Å²) in [6.07, 6.45) is 0. The molecule has 1 N–H and O–H groups in total. The van der Waals surface area contributed by atoms with Crippen molar-refractivity contribution in [1.82, 2.24) is 0 Å². The first-order valence-corrected chi connectivity index (χ1v) is 6.30. The molecular weight excluding hydrogens is 300 g/mol. The van der Waals surface area contributed by atoms with Crippen molar-refractivity contribution in [3.05, 3.63) is 63.6 Å². The maximum atomic E-state index is 13.7. The maximum absolute atomic E-state index is 13.7. The third-order valence-corrected chi connectivity index (χ3v) is 3.20. The van der Waals surface area contributed by atoms with Crippen molar-refractivity contribution in [1.29, 1.82) is 0 Å². The van der Waals surface area contributed by atoms with Crippen LogP contribution >= 0.6 is 15.9 Å². The Hall–Kier alpha value is -1.42. The molecule has 0 aliphatic rings. The average Bonchev–Trinajstić information content (AvgIpc) is 2.36. The molecule has 0 fully saturated rings. The monoisotopic (exact) mass is 311 g/mol. The Kier molecular flexibility index (Phi) is 3.97. The number of hydrogen-bond acceptors (Lipinski definition) is 1. The fourth-order valence-corrected chi connectivity index (χ4v) is 1.88. The second-order valence-corrected chi connectivity index (χ2v) is 4.95. The van der Waals surface area contributed by atoms with E-state index in [1.807, 2.05) is 24.3 Å². The van der Waals surface area contributed by atoms with Crippen molar-refractivity contribution in [2.45, 2.75) is 13.5 Å². The van der Waals surface area contributed by atoms with Gasteiger partial charge >= 0.3 is 0 Å². The molecule has 0 aliphatic carbocycles. The molecule has 0 atom stereocenters. The molecule has 0 spiro atoms. The van der Waals surface area contributed by atoms with Crippen LogP contribution in [0.3, 0.4) is 0 Å². The highest BCUT2D eigenvalue weighted by atomic mass is 79.9. The number of nitrogens with one attached hydrogen (secondary N) is 1. The van der Waals surface area contributed by atoms with Gasteiger partial charge in [0.25, 0.3) is 0 Å². The summed E-state index contributed by atoms with van der Waals surface area (Å²) in [5.41, 5.74) is 1.31. The summed E-state index contributed by atoms with van der Waals surface area (Å²) in [6.45, 7) is 1.99. The van der Waals surface area contributed by atoms with Gasteiger partial charge in [0.05, 0.1) is 0 Å². The summed E-state index contributed by atoms with van der Waals surface area (Å²) in [6, 6.07) is 10.3. The smallest absolute Gasteiger partial charge is 0.152 e. The van der Waals surface area contributed by atoms with Gasteiger partial charge < -0.3 is 5.32 Å². The minimum absolute atomic E-state index is 0.0714. The highest BCUT2D eigenvalue weighted by Gasteiger charge is 2.10. The lowest BCUT2D eigenvalue weighted by atomic mass is 10.2. The fraction of sp³-hybridized carbons (Fsp3) is 0.143. The molecular formula is C14H12BrF2N. The van der Waals surface area contributed by atoms with Gasteiger partial charge in [-0.2, -0.15) is 0 Å². The summed E-state index contributed by atoms with van der Waals surface area (Å²) in [7, 11) is 0. The zero-order valence-electron chi connectivity index (χ0n) is 9.81. The van der Waals surface area contributed by atoms with Crippen LogP contribution in [0.1, 0.15) is 11.1 Å².